The summed E-state index contributed by atoms with van der Waals surface area (Å²) in [7, 11) is 0. The fourth-order valence-corrected chi connectivity index (χ4v) is 2.22. The van der Waals surface area contributed by atoms with Crippen LogP contribution in [-0.2, 0) is 11.8 Å². The Morgan fingerprint density at radius 2 is 1.89 bits per heavy atom. The van der Waals surface area contributed by atoms with Gasteiger partial charge in [-0.2, -0.15) is 0 Å². The number of allylic oxidation sites excluding steroid dienone is 1. The van der Waals surface area contributed by atoms with Crippen molar-refractivity contribution >= 4 is 5.71 Å². The van der Waals surface area contributed by atoms with E-state index in [-0.39, 0.29) is 10.8 Å². The van der Waals surface area contributed by atoms with Crippen LogP contribution in [0.5, 0.6) is 0 Å². The molecule has 0 unspecified atom stereocenters. The SMILES string of the molecule is CC(C)(Cc1ccnc(C(C)(C)C)n1)C1=NC=CC1. The zero-order chi connectivity index (χ0) is 14.1. The van der Waals surface area contributed by atoms with Crippen LogP contribution in [0.15, 0.2) is 29.5 Å². The van der Waals surface area contributed by atoms with Gasteiger partial charge in [-0.3, -0.25) is 4.99 Å². The van der Waals surface area contributed by atoms with Gasteiger partial charge in [0.05, 0.1) is 0 Å². The van der Waals surface area contributed by atoms with Crippen molar-refractivity contribution in [2.75, 3.05) is 0 Å². The number of nitrogens with zero attached hydrogens (tertiary/aromatic N) is 3. The van der Waals surface area contributed by atoms with Crippen LogP contribution in [0.3, 0.4) is 0 Å². The Morgan fingerprint density at radius 3 is 2.47 bits per heavy atom. The van der Waals surface area contributed by atoms with Crippen molar-refractivity contribution in [1.29, 1.82) is 0 Å². The Kier molecular flexibility index (Phi) is 3.57. The number of hydrogen-bond donors (Lipinski definition) is 0. The van der Waals surface area contributed by atoms with Gasteiger partial charge in [0.2, 0.25) is 0 Å². The molecule has 0 radical (unpaired) electrons. The third-order valence-corrected chi connectivity index (χ3v) is 3.44. The van der Waals surface area contributed by atoms with Crippen LogP contribution in [0, 0.1) is 5.41 Å². The lowest BCUT2D eigenvalue weighted by Gasteiger charge is -2.25. The molecule has 102 valence electrons. The molecule has 1 aliphatic heterocycles. The highest BCUT2D eigenvalue weighted by Gasteiger charge is 2.27. The van der Waals surface area contributed by atoms with Gasteiger partial charge < -0.3 is 0 Å². The van der Waals surface area contributed by atoms with Gasteiger partial charge in [0, 0.05) is 47.5 Å². The molecule has 1 aromatic rings. The second-order valence-electron chi connectivity index (χ2n) is 6.85. The van der Waals surface area contributed by atoms with E-state index in [4.69, 9.17) is 4.98 Å². The molecule has 19 heavy (non-hydrogen) atoms. The maximum absolute atomic E-state index is 4.71. The highest BCUT2D eigenvalue weighted by atomic mass is 14.9. The van der Waals surface area contributed by atoms with Crippen LogP contribution in [-0.4, -0.2) is 15.7 Å². The Labute approximate surface area is 115 Å². The van der Waals surface area contributed by atoms with Gasteiger partial charge in [0.25, 0.3) is 0 Å². The summed E-state index contributed by atoms with van der Waals surface area (Å²) in [5, 5.41) is 0. The minimum atomic E-state index is -0.00736. The number of rotatable bonds is 3. The Balaban J connectivity index is 2.19. The normalized spacial score (nSPS) is 15.7. The lowest BCUT2D eigenvalue weighted by Crippen LogP contribution is -2.27. The van der Waals surface area contributed by atoms with Crippen LogP contribution >= 0.6 is 0 Å². The summed E-state index contributed by atoms with van der Waals surface area (Å²) in [5.74, 6) is 0.910. The molecule has 0 N–H and O–H groups in total. The monoisotopic (exact) mass is 257 g/mol. The van der Waals surface area contributed by atoms with E-state index in [2.05, 4.69) is 50.7 Å². The zero-order valence-electron chi connectivity index (χ0n) is 12.6. The summed E-state index contributed by atoms with van der Waals surface area (Å²) in [5.41, 5.74) is 2.38. The lowest BCUT2D eigenvalue weighted by molar-refractivity contribution is 0.494. The molecule has 0 atom stereocenters. The molecule has 0 saturated heterocycles. The van der Waals surface area contributed by atoms with Crippen molar-refractivity contribution in [2.45, 2.75) is 52.9 Å². The topological polar surface area (TPSA) is 38.1 Å². The van der Waals surface area contributed by atoms with E-state index in [1.165, 1.54) is 5.71 Å². The number of aromatic nitrogens is 2. The summed E-state index contributed by atoms with van der Waals surface area (Å²) in [6.45, 7) is 10.9. The average molecular weight is 257 g/mol. The first-order valence-electron chi connectivity index (χ1n) is 6.84. The van der Waals surface area contributed by atoms with Gasteiger partial charge in [-0.15, -0.1) is 0 Å². The van der Waals surface area contributed by atoms with Gasteiger partial charge in [-0.25, -0.2) is 9.97 Å². The van der Waals surface area contributed by atoms with Crippen LogP contribution in [0.1, 0.15) is 52.6 Å². The molecule has 1 aliphatic rings. The molecule has 0 aromatic carbocycles. The van der Waals surface area contributed by atoms with Gasteiger partial charge in [-0.1, -0.05) is 40.7 Å². The second kappa shape index (κ2) is 4.87. The summed E-state index contributed by atoms with van der Waals surface area (Å²) >= 11 is 0. The van der Waals surface area contributed by atoms with E-state index in [1.54, 1.807) is 0 Å². The predicted octanol–water partition coefficient (Wildman–Crippen LogP) is 3.70. The van der Waals surface area contributed by atoms with E-state index < -0.39 is 0 Å². The summed E-state index contributed by atoms with van der Waals surface area (Å²) in [6, 6.07) is 2.01. The van der Waals surface area contributed by atoms with Crippen molar-refractivity contribution in [3.63, 3.8) is 0 Å². The Morgan fingerprint density at radius 1 is 1.16 bits per heavy atom. The fourth-order valence-electron chi connectivity index (χ4n) is 2.22. The van der Waals surface area contributed by atoms with E-state index >= 15 is 0 Å². The minimum absolute atomic E-state index is 0.00736. The van der Waals surface area contributed by atoms with E-state index in [9.17, 15) is 0 Å². The summed E-state index contributed by atoms with van der Waals surface area (Å²) in [4.78, 5) is 13.6. The van der Waals surface area contributed by atoms with Crippen molar-refractivity contribution in [1.82, 2.24) is 9.97 Å². The third-order valence-electron chi connectivity index (χ3n) is 3.44. The first-order chi connectivity index (χ1) is 8.79. The van der Waals surface area contributed by atoms with Crippen molar-refractivity contribution in [3.8, 4) is 0 Å². The van der Waals surface area contributed by atoms with Crippen LogP contribution in [0.4, 0.5) is 0 Å². The predicted molar refractivity (Wildman–Crippen MR) is 79.4 cm³/mol. The molecule has 2 rings (SSSR count). The van der Waals surface area contributed by atoms with Crippen molar-refractivity contribution < 1.29 is 0 Å². The van der Waals surface area contributed by atoms with E-state index in [0.717, 1.165) is 24.4 Å². The summed E-state index contributed by atoms with van der Waals surface area (Å²) in [6.07, 6.45) is 7.74. The first kappa shape index (κ1) is 13.9. The molecule has 0 amide bonds. The highest BCUT2D eigenvalue weighted by molar-refractivity contribution is 5.92. The molecule has 1 aromatic heterocycles. The maximum Gasteiger partial charge on any atom is 0.133 e. The largest absolute Gasteiger partial charge is 0.265 e. The van der Waals surface area contributed by atoms with Crippen molar-refractivity contribution in [3.05, 3.63) is 36.1 Å². The molecule has 0 saturated carbocycles. The molecule has 3 heteroatoms. The molecule has 0 spiro atoms. The molecule has 0 fully saturated rings. The van der Waals surface area contributed by atoms with Gasteiger partial charge in [0.1, 0.15) is 5.82 Å². The smallest absolute Gasteiger partial charge is 0.133 e. The van der Waals surface area contributed by atoms with E-state index in [0.29, 0.717) is 0 Å². The Hall–Kier alpha value is -1.51. The highest BCUT2D eigenvalue weighted by Crippen LogP contribution is 2.28. The van der Waals surface area contributed by atoms with Crippen LogP contribution in [0.25, 0.3) is 0 Å². The molecule has 0 bridgehead atoms. The van der Waals surface area contributed by atoms with Gasteiger partial charge in [-0.05, 0) is 6.07 Å². The zero-order valence-corrected chi connectivity index (χ0v) is 12.6. The molecule has 3 nitrogen and oxygen atoms in total. The third kappa shape index (κ3) is 3.28. The number of hydrogen-bond acceptors (Lipinski definition) is 3. The number of aliphatic imine (C=N–C) groups is 1. The van der Waals surface area contributed by atoms with Gasteiger partial charge in [0.15, 0.2) is 0 Å². The Bertz CT molecular complexity index is 519. The molecular weight excluding hydrogens is 234 g/mol. The molecule has 0 aliphatic carbocycles. The molecule has 2 heterocycles. The second-order valence-corrected chi connectivity index (χ2v) is 6.85. The minimum Gasteiger partial charge on any atom is -0.265 e. The van der Waals surface area contributed by atoms with Crippen LogP contribution < -0.4 is 0 Å². The lowest BCUT2D eigenvalue weighted by atomic mass is 9.81. The van der Waals surface area contributed by atoms with Gasteiger partial charge >= 0.3 is 0 Å². The fraction of sp³-hybridized carbons (Fsp3) is 0.562. The van der Waals surface area contributed by atoms with Crippen LogP contribution in [0.2, 0.25) is 0 Å². The van der Waals surface area contributed by atoms with Crippen molar-refractivity contribution in [2.24, 2.45) is 10.4 Å². The average Bonchev–Trinajstić information content (AvgIpc) is 2.81. The maximum atomic E-state index is 4.71. The first-order valence-corrected chi connectivity index (χ1v) is 6.84. The van der Waals surface area contributed by atoms with E-state index in [1.807, 2.05) is 18.5 Å². The summed E-state index contributed by atoms with van der Waals surface area (Å²) < 4.78 is 0. The standard InChI is InChI=1S/C16H23N3/c1-15(2,3)14-18-10-8-12(19-14)11-16(4,5)13-7-6-9-17-13/h6,8-10H,7,11H2,1-5H3. The quantitative estimate of drug-likeness (QED) is 0.828. The molecular formula is C16H23N3.